The third-order valence-corrected chi connectivity index (χ3v) is 6.39. The Kier molecular flexibility index (Phi) is 7.14. The summed E-state index contributed by atoms with van der Waals surface area (Å²) in [6, 6.07) is 8.81. The van der Waals surface area contributed by atoms with E-state index in [1.54, 1.807) is 25.1 Å². The van der Waals surface area contributed by atoms with Gasteiger partial charge in [-0.1, -0.05) is 57.0 Å². The lowest BCUT2D eigenvalue weighted by molar-refractivity contribution is -0.121. The number of aromatic nitrogens is 3. The van der Waals surface area contributed by atoms with Gasteiger partial charge in [-0.2, -0.15) is 5.26 Å². The van der Waals surface area contributed by atoms with Crippen LogP contribution < -0.4 is 5.32 Å². The number of rotatable bonds is 7. The van der Waals surface area contributed by atoms with Crippen molar-refractivity contribution in [2.24, 2.45) is 5.92 Å². The normalized spacial score (nSPS) is 16.8. The Labute approximate surface area is 181 Å². The van der Waals surface area contributed by atoms with E-state index < -0.39 is 10.8 Å². The number of amides is 1. The van der Waals surface area contributed by atoms with Crippen LogP contribution in [0.1, 0.15) is 52.9 Å². The van der Waals surface area contributed by atoms with Gasteiger partial charge in [0.15, 0.2) is 11.0 Å². The number of hydrogen-bond donors (Lipinski definition) is 1. The van der Waals surface area contributed by atoms with Crippen molar-refractivity contribution in [2.45, 2.75) is 75.4 Å². The first kappa shape index (κ1) is 22.3. The summed E-state index contributed by atoms with van der Waals surface area (Å²) in [5.74, 6) is 0.206. The van der Waals surface area contributed by atoms with Crippen molar-refractivity contribution in [1.82, 2.24) is 20.1 Å². The molecule has 0 aliphatic heterocycles. The third kappa shape index (κ3) is 5.01. The van der Waals surface area contributed by atoms with Gasteiger partial charge in [0, 0.05) is 6.54 Å². The van der Waals surface area contributed by atoms with E-state index in [2.05, 4.69) is 35.4 Å². The molecule has 160 valence electrons. The number of carbonyl (C=O) groups is 1. The van der Waals surface area contributed by atoms with E-state index in [0.29, 0.717) is 41.8 Å². The molecule has 0 spiro atoms. The molecule has 0 saturated heterocycles. The van der Waals surface area contributed by atoms with Crippen molar-refractivity contribution < 1.29 is 9.18 Å². The van der Waals surface area contributed by atoms with Crippen molar-refractivity contribution in [3.8, 4) is 17.5 Å². The van der Waals surface area contributed by atoms with Crippen LogP contribution in [0.3, 0.4) is 0 Å². The maximum atomic E-state index is 14.4. The minimum absolute atomic E-state index is 0.185. The van der Waals surface area contributed by atoms with Gasteiger partial charge in [-0.05, 0) is 37.8 Å². The number of nitriles is 1. The van der Waals surface area contributed by atoms with E-state index >= 15 is 0 Å². The molecule has 1 amide bonds. The van der Waals surface area contributed by atoms with Crippen molar-refractivity contribution in [3.05, 3.63) is 30.1 Å². The Bertz CT molecular complexity index is 930. The highest BCUT2D eigenvalue weighted by Crippen LogP contribution is 2.31. The van der Waals surface area contributed by atoms with Crippen molar-refractivity contribution in [2.75, 3.05) is 0 Å². The first-order chi connectivity index (χ1) is 14.3. The standard InChI is InChI=1S/C22H28FN5OS/c1-15(2)13-28-19(17-9-5-6-10-18(17)23)26-27-21(28)30-16(3)20(29)25-22(14-24)11-7-4-8-12-22/h5-6,9-10,15-16H,4,7-8,11-13H2,1-3H3,(H,25,29). The Hall–Kier alpha value is -2.40. The predicted octanol–water partition coefficient (Wildman–Crippen LogP) is 4.56. The minimum Gasteiger partial charge on any atom is -0.337 e. The maximum absolute atomic E-state index is 14.4. The Morgan fingerprint density at radius 3 is 2.60 bits per heavy atom. The van der Waals surface area contributed by atoms with Crippen LogP contribution in [-0.4, -0.2) is 31.5 Å². The number of carbonyl (C=O) groups excluding carboxylic acids is 1. The average molecular weight is 430 g/mol. The molecule has 0 radical (unpaired) electrons. The van der Waals surface area contributed by atoms with Gasteiger partial charge in [-0.15, -0.1) is 10.2 Å². The Morgan fingerprint density at radius 2 is 1.97 bits per heavy atom. The Balaban J connectivity index is 1.81. The van der Waals surface area contributed by atoms with Crippen LogP contribution in [-0.2, 0) is 11.3 Å². The molecule has 1 aromatic carbocycles. The summed E-state index contributed by atoms with van der Waals surface area (Å²) in [4.78, 5) is 12.8. The van der Waals surface area contributed by atoms with Gasteiger partial charge in [0.2, 0.25) is 5.91 Å². The second-order valence-electron chi connectivity index (χ2n) is 8.29. The van der Waals surface area contributed by atoms with Crippen LogP contribution in [0.5, 0.6) is 0 Å². The highest BCUT2D eigenvalue weighted by molar-refractivity contribution is 8.00. The number of thioether (sulfide) groups is 1. The summed E-state index contributed by atoms with van der Waals surface area (Å²) in [7, 11) is 0. The molecule has 1 heterocycles. The molecule has 30 heavy (non-hydrogen) atoms. The number of nitrogens with one attached hydrogen (secondary N) is 1. The summed E-state index contributed by atoms with van der Waals surface area (Å²) in [5, 5.41) is 21.2. The van der Waals surface area contributed by atoms with Crippen LogP contribution in [0.15, 0.2) is 29.4 Å². The number of halogens is 1. The fraction of sp³-hybridized carbons (Fsp3) is 0.545. The summed E-state index contributed by atoms with van der Waals surface area (Å²) in [6.45, 7) is 6.53. The molecule has 1 N–H and O–H groups in total. The van der Waals surface area contributed by atoms with Crippen molar-refractivity contribution >= 4 is 17.7 Å². The second-order valence-corrected chi connectivity index (χ2v) is 9.60. The SMILES string of the molecule is CC(C)Cn1c(SC(C)C(=O)NC2(C#N)CCCCC2)nnc1-c1ccccc1F. The third-order valence-electron chi connectivity index (χ3n) is 5.31. The van der Waals surface area contributed by atoms with E-state index in [4.69, 9.17) is 0 Å². The molecule has 1 aliphatic rings. The molecule has 2 aromatic rings. The zero-order valence-electron chi connectivity index (χ0n) is 17.7. The van der Waals surface area contributed by atoms with Crippen LogP contribution in [0.4, 0.5) is 4.39 Å². The van der Waals surface area contributed by atoms with Crippen LogP contribution >= 0.6 is 11.8 Å². The van der Waals surface area contributed by atoms with Gasteiger partial charge in [-0.3, -0.25) is 4.79 Å². The van der Waals surface area contributed by atoms with Gasteiger partial charge < -0.3 is 9.88 Å². The monoisotopic (exact) mass is 429 g/mol. The van der Waals surface area contributed by atoms with E-state index in [-0.39, 0.29) is 11.7 Å². The molecular formula is C22H28FN5OS. The summed E-state index contributed by atoms with van der Waals surface area (Å²) < 4.78 is 16.2. The van der Waals surface area contributed by atoms with Crippen molar-refractivity contribution in [1.29, 1.82) is 5.26 Å². The van der Waals surface area contributed by atoms with Crippen LogP contribution in [0.2, 0.25) is 0 Å². The molecule has 1 aromatic heterocycles. The van der Waals surface area contributed by atoms with Gasteiger partial charge in [0.05, 0.1) is 16.9 Å². The molecule has 1 fully saturated rings. The van der Waals surface area contributed by atoms with Gasteiger partial charge >= 0.3 is 0 Å². The number of benzene rings is 1. The zero-order valence-corrected chi connectivity index (χ0v) is 18.5. The smallest absolute Gasteiger partial charge is 0.234 e. The lowest BCUT2D eigenvalue weighted by Gasteiger charge is -2.32. The van der Waals surface area contributed by atoms with Crippen LogP contribution in [0, 0.1) is 23.1 Å². The Morgan fingerprint density at radius 1 is 1.27 bits per heavy atom. The largest absolute Gasteiger partial charge is 0.337 e. The van der Waals surface area contributed by atoms with Crippen LogP contribution in [0.25, 0.3) is 11.4 Å². The van der Waals surface area contributed by atoms with E-state index in [9.17, 15) is 14.4 Å². The molecular weight excluding hydrogens is 401 g/mol. The zero-order chi connectivity index (χ0) is 21.7. The fourth-order valence-electron chi connectivity index (χ4n) is 3.72. The molecule has 1 aliphatic carbocycles. The lowest BCUT2D eigenvalue weighted by atomic mass is 9.83. The predicted molar refractivity (Wildman–Crippen MR) is 115 cm³/mol. The number of hydrogen-bond acceptors (Lipinski definition) is 5. The number of nitrogens with zero attached hydrogens (tertiary/aromatic N) is 4. The first-order valence-electron chi connectivity index (χ1n) is 10.4. The molecule has 0 bridgehead atoms. The molecule has 6 nitrogen and oxygen atoms in total. The summed E-state index contributed by atoms with van der Waals surface area (Å²) >= 11 is 1.28. The highest BCUT2D eigenvalue weighted by atomic mass is 32.2. The second kappa shape index (κ2) is 9.61. The minimum atomic E-state index is -0.770. The summed E-state index contributed by atoms with van der Waals surface area (Å²) in [6.07, 6.45) is 4.37. The average Bonchev–Trinajstić information content (AvgIpc) is 3.10. The molecule has 1 unspecified atom stereocenters. The molecule has 3 rings (SSSR count). The highest BCUT2D eigenvalue weighted by Gasteiger charge is 2.35. The van der Waals surface area contributed by atoms with Gasteiger partial charge in [0.1, 0.15) is 11.4 Å². The van der Waals surface area contributed by atoms with E-state index in [0.717, 1.165) is 19.3 Å². The quantitative estimate of drug-likeness (QED) is 0.652. The topological polar surface area (TPSA) is 83.6 Å². The summed E-state index contributed by atoms with van der Waals surface area (Å²) in [5.41, 5.74) is -0.381. The molecule has 1 atom stereocenters. The molecule has 1 saturated carbocycles. The molecule has 8 heteroatoms. The first-order valence-corrected chi connectivity index (χ1v) is 11.3. The maximum Gasteiger partial charge on any atom is 0.234 e. The fourth-order valence-corrected chi connectivity index (χ4v) is 4.57. The van der Waals surface area contributed by atoms with E-state index in [1.807, 2.05) is 4.57 Å². The van der Waals surface area contributed by atoms with Gasteiger partial charge in [0.25, 0.3) is 0 Å². The van der Waals surface area contributed by atoms with Gasteiger partial charge in [-0.25, -0.2) is 4.39 Å². The van der Waals surface area contributed by atoms with E-state index in [1.165, 1.54) is 17.8 Å². The lowest BCUT2D eigenvalue weighted by Crippen LogP contribution is -2.51. The van der Waals surface area contributed by atoms with Crippen molar-refractivity contribution in [3.63, 3.8) is 0 Å².